The van der Waals surface area contributed by atoms with Crippen LogP contribution in [-0.2, 0) is 7.05 Å². The van der Waals surface area contributed by atoms with Gasteiger partial charge in [-0.1, -0.05) is 23.5 Å². The molecule has 0 radical (unpaired) electrons. The minimum Gasteiger partial charge on any atom is -0.341 e. The van der Waals surface area contributed by atoms with Gasteiger partial charge in [-0.25, -0.2) is 14.1 Å². The molecule has 0 unspecified atom stereocenters. The van der Waals surface area contributed by atoms with Gasteiger partial charge in [0, 0.05) is 13.6 Å². The predicted molar refractivity (Wildman–Crippen MR) is 91.5 cm³/mol. The molecule has 0 saturated carbocycles. The Hall–Kier alpha value is -1.95. The van der Waals surface area contributed by atoms with Gasteiger partial charge < -0.3 is 4.90 Å². The van der Waals surface area contributed by atoms with Gasteiger partial charge in [0.2, 0.25) is 0 Å². The molecule has 0 bridgehead atoms. The number of nitrogens with zero attached hydrogens (tertiary/aromatic N) is 4. The number of rotatable bonds is 2. The van der Waals surface area contributed by atoms with Crippen molar-refractivity contribution in [2.24, 2.45) is 7.05 Å². The number of fused-ring (bicyclic) bond motifs is 1. The summed E-state index contributed by atoms with van der Waals surface area (Å²) < 4.78 is 16.2. The van der Waals surface area contributed by atoms with Gasteiger partial charge in [0.25, 0.3) is 0 Å². The van der Waals surface area contributed by atoms with Crippen molar-refractivity contribution in [2.45, 2.75) is 32.2 Å². The van der Waals surface area contributed by atoms with Crippen LogP contribution in [0.25, 0.3) is 10.3 Å². The molecule has 0 amide bonds. The van der Waals surface area contributed by atoms with E-state index in [1.807, 2.05) is 30.8 Å². The number of anilines is 1. The molecule has 0 spiro atoms. The Morgan fingerprint density at radius 2 is 2.00 bits per heavy atom. The molecule has 3 heterocycles. The zero-order chi connectivity index (χ0) is 16.0. The number of halogens is 1. The van der Waals surface area contributed by atoms with Gasteiger partial charge in [0.1, 0.15) is 5.82 Å². The van der Waals surface area contributed by atoms with Crippen molar-refractivity contribution in [1.82, 2.24) is 14.8 Å². The summed E-state index contributed by atoms with van der Waals surface area (Å²) in [6.07, 6.45) is 3.45. The Balaban J connectivity index is 1.74. The standard InChI is InChI=1S/C17H19FN4S/c1-11-15-16(21(2)20-11)19-17(23-15)22-10-4-3-5-14(22)12-6-8-13(18)9-7-12/h6-9,14H,3-5,10H2,1-2H3/t14-/m1/s1. The normalized spacial score (nSPS) is 18.7. The van der Waals surface area contributed by atoms with E-state index >= 15 is 0 Å². The Kier molecular flexibility index (Phi) is 3.56. The van der Waals surface area contributed by atoms with Crippen LogP contribution >= 0.6 is 11.3 Å². The minimum atomic E-state index is -0.183. The molecular weight excluding hydrogens is 311 g/mol. The van der Waals surface area contributed by atoms with E-state index in [9.17, 15) is 4.39 Å². The van der Waals surface area contributed by atoms with Crippen molar-refractivity contribution in [2.75, 3.05) is 11.4 Å². The molecule has 6 heteroatoms. The molecule has 1 saturated heterocycles. The molecule has 1 aliphatic heterocycles. The summed E-state index contributed by atoms with van der Waals surface area (Å²) >= 11 is 1.71. The fourth-order valence-corrected chi connectivity index (χ4v) is 4.50. The van der Waals surface area contributed by atoms with Crippen LogP contribution < -0.4 is 4.90 Å². The van der Waals surface area contributed by atoms with Crippen LogP contribution in [0.5, 0.6) is 0 Å². The zero-order valence-electron chi connectivity index (χ0n) is 13.3. The summed E-state index contributed by atoms with van der Waals surface area (Å²) in [6.45, 7) is 3.02. The van der Waals surface area contributed by atoms with Crippen molar-refractivity contribution >= 4 is 26.8 Å². The molecule has 1 fully saturated rings. The lowest BCUT2D eigenvalue weighted by Gasteiger charge is -2.35. The number of thiazole rings is 1. The number of hydrogen-bond donors (Lipinski definition) is 0. The lowest BCUT2D eigenvalue weighted by Crippen LogP contribution is -2.33. The lowest BCUT2D eigenvalue weighted by molar-refractivity contribution is 0.472. The summed E-state index contributed by atoms with van der Waals surface area (Å²) in [7, 11) is 1.94. The average molecular weight is 330 g/mol. The second kappa shape index (κ2) is 5.60. The predicted octanol–water partition coefficient (Wildman–Crippen LogP) is 4.21. The van der Waals surface area contributed by atoms with E-state index in [2.05, 4.69) is 10.00 Å². The monoisotopic (exact) mass is 330 g/mol. The van der Waals surface area contributed by atoms with Gasteiger partial charge in [-0.2, -0.15) is 5.10 Å². The summed E-state index contributed by atoms with van der Waals surface area (Å²) in [5, 5.41) is 5.47. The van der Waals surface area contributed by atoms with E-state index in [0.29, 0.717) is 0 Å². The fourth-order valence-electron chi connectivity index (χ4n) is 3.39. The fraction of sp³-hybridized carbons (Fsp3) is 0.412. The van der Waals surface area contributed by atoms with Crippen LogP contribution in [0.4, 0.5) is 9.52 Å². The largest absolute Gasteiger partial charge is 0.341 e. The van der Waals surface area contributed by atoms with Crippen LogP contribution in [-0.4, -0.2) is 21.3 Å². The first-order valence-electron chi connectivity index (χ1n) is 7.96. The second-order valence-electron chi connectivity index (χ2n) is 6.11. The molecule has 0 N–H and O–H groups in total. The third-order valence-electron chi connectivity index (χ3n) is 4.54. The van der Waals surface area contributed by atoms with Crippen LogP contribution in [0.15, 0.2) is 24.3 Å². The van der Waals surface area contributed by atoms with Crippen LogP contribution in [0.2, 0.25) is 0 Å². The molecule has 2 aromatic heterocycles. The number of benzene rings is 1. The van der Waals surface area contributed by atoms with Gasteiger partial charge in [-0.05, 0) is 43.9 Å². The first kappa shape index (κ1) is 14.6. The first-order valence-corrected chi connectivity index (χ1v) is 8.77. The number of piperidine rings is 1. The Morgan fingerprint density at radius 3 is 2.74 bits per heavy atom. The number of hydrogen-bond acceptors (Lipinski definition) is 4. The van der Waals surface area contributed by atoms with Crippen LogP contribution in [0.3, 0.4) is 0 Å². The van der Waals surface area contributed by atoms with Gasteiger partial charge in [0.05, 0.1) is 16.4 Å². The highest BCUT2D eigenvalue weighted by Gasteiger charge is 2.27. The summed E-state index contributed by atoms with van der Waals surface area (Å²) in [6, 6.07) is 7.18. The maximum Gasteiger partial charge on any atom is 0.188 e. The van der Waals surface area contributed by atoms with Gasteiger partial charge in [-0.15, -0.1) is 0 Å². The Bertz CT molecular complexity index is 802. The molecule has 1 atom stereocenters. The molecule has 0 aliphatic carbocycles. The highest BCUT2D eigenvalue weighted by Crippen LogP contribution is 2.39. The van der Waals surface area contributed by atoms with E-state index in [0.717, 1.165) is 34.1 Å². The van der Waals surface area contributed by atoms with Crippen molar-refractivity contribution < 1.29 is 4.39 Å². The highest BCUT2D eigenvalue weighted by atomic mass is 32.1. The second-order valence-corrected chi connectivity index (χ2v) is 7.09. The van der Waals surface area contributed by atoms with E-state index in [1.165, 1.54) is 18.4 Å². The topological polar surface area (TPSA) is 34.0 Å². The van der Waals surface area contributed by atoms with E-state index < -0.39 is 0 Å². The molecule has 3 aromatic rings. The lowest BCUT2D eigenvalue weighted by atomic mass is 9.96. The quantitative estimate of drug-likeness (QED) is 0.706. The summed E-state index contributed by atoms with van der Waals surface area (Å²) in [5.74, 6) is -0.183. The van der Waals surface area contributed by atoms with Crippen molar-refractivity contribution in [1.29, 1.82) is 0 Å². The Morgan fingerprint density at radius 1 is 1.22 bits per heavy atom. The third-order valence-corrected chi connectivity index (χ3v) is 5.73. The van der Waals surface area contributed by atoms with Crippen LogP contribution in [0.1, 0.15) is 36.6 Å². The van der Waals surface area contributed by atoms with E-state index in [4.69, 9.17) is 4.98 Å². The maximum absolute atomic E-state index is 13.2. The maximum atomic E-state index is 13.2. The van der Waals surface area contributed by atoms with Crippen molar-refractivity contribution in [3.8, 4) is 0 Å². The molecule has 23 heavy (non-hydrogen) atoms. The molecule has 1 aromatic carbocycles. The number of aryl methyl sites for hydroxylation is 2. The van der Waals surface area contributed by atoms with E-state index in [1.54, 1.807) is 23.5 Å². The zero-order valence-corrected chi connectivity index (χ0v) is 14.1. The molecule has 1 aliphatic rings. The molecular formula is C17H19FN4S. The summed E-state index contributed by atoms with van der Waals surface area (Å²) in [4.78, 5) is 7.20. The number of aromatic nitrogens is 3. The third kappa shape index (κ3) is 2.51. The van der Waals surface area contributed by atoms with Crippen LogP contribution in [0, 0.1) is 12.7 Å². The average Bonchev–Trinajstić information content (AvgIpc) is 3.10. The van der Waals surface area contributed by atoms with Gasteiger partial charge >= 0.3 is 0 Å². The minimum absolute atomic E-state index is 0.183. The van der Waals surface area contributed by atoms with Gasteiger partial charge in [-0.3, -0.25) is 0 Å². The Labute approximate surface area is 138 Å². The van der Waals surface area contributed by atoms with Crippen molar-refractivity contribution in [3.63, 3.8) is 0 Å². The smallest absolute Gasteiger partial charge is 0.188 e. The molecule has 120 valence electrons. The first-order chi connectivity index (χ1) is 11.1. The van der Waals surface area contributed by atoms with E-state index in [-0.39, 0.29) is 11.9 Å². The van der Waals surface area contributed by atoms with Crippen molar-refractivity contribution in [3.05, 3.63) is 41.3 Å². The molecule has 4 rings (SSSR count). The molecule has 4 nitrogen and oxygen atoms in total. The highest BCUT2D eigenvalue weighted by molar-refractivity contribution is 7.22. The summed E-state index contributed by atoms with van der Waals surface area (Å²) in [5.41, 5.74) is 3.15. The SMILES string of the molecule is Cc1nn(C)c2nc(N3CCCC[C@@H]3c3ccc(F)cc3)sc12. The van der Waals surface area contributed by atoms with Gasteiger partial charge in [0.15, 0.2) is 10.8 Å².